The fourth-order valence-corrected chi connectivity index (χ4v) is 2.21. The molecule has 0 spiro atoms. The van der Waals surface area contributed by atoms with E-state index in [1.807, 2.05) is 0 Å². The Morgan fingerprint density at radius 2 is 1.25 bits per heavy atom. The third-order valence-corrected chi connectivity index (χ3v) is 3.31. The minimum atomic E-state index is -4.74. The predicted molar refractivity (Wildman–Crippen MR) is 59.7 cm³/mol. The van der Waals surface area contributed by atoms with Gasteiger partial charge in [-0.3, -0.25) is 4.79 Å². The molecule has 2 unspecified atom stereocenters. The van der Waals surface area contributed by atoms with Crippen LogP contribution in [0.5, 0.6) is 0 Å². The maximum Gasteiger partial charge on any atom is 0.393 e. The molecule has 0 aliphatic carbocycles. The summed E-state index contributed by atoms with van der Waals surface area (Å²) in [5.41, 5.74) is -1.01. The summed E-state index contributed by atoms with van der Waals surface area (Å²) in [5, 5.41) is 0. The molecular formula is C12H17F6NO. The SMILES string of the molecule is CC(C)(C)C(=O)N1CC(C(F)(F)F)CC(C(F)(F)F)C1. The Balaban J connectivity index is 3.00. The zero-order valence-electron chi connectivity index (χ0n) is 11.4. The summed E-state index contributed by atoms with van der Waals surface area (Å²) in [7, 11) is 0. The van der Waals surface area contributed by atoms with Gasteiger partial charge in [0, 0.05) is 18.5 Å². The molecule has 0 aromatic heterocycles. The lowest BCUT2D eigenvalue weighted by atomic mass is 9.85. The quantitative estimate of drug-likeness (QED) is 0.626. The number of hydrogen-bond acceptors (Lipinski definition) is 1. The monoisotopic (exact) mass is 305 g/mol. The molecule has 0 bridgehead atoms. The summed E-state index contributed by atoms with van der Waals surface area (Å²) in [6.07, 6.45) is -10.5. The molecule has 1 saturated heterocycles. The third-order valence-electron chi connectivity index (χ3n) is 3.31. The molecular weight excluding hydrogens is 288 g/mol. The molecule has 8 heteroatoms. The van der Waals surface area contributed by atoms with Gasteiger partial charge in [-0.15, -0.1) is 0 Å². The summed E-state index contributed by atoms with van der Waals surface area (Å²) in [6, 6.07) is 0. The Kier molecular flexibility index (Phi) is 4.37. The van der Waals surface area contributed by atoms with Crippen molar-refractivity contribution in [3.05, 3.63) is 0 Å². The van der Waals surface area contributed by atoms with Crippen LogP contribution < -0.4 is 0 Å². The number of hydrogen-bond donors (Lipinski definition) is 0. The highest BCUT2D eigenvalue weighted by molar-refractivity contribution is 5.81. The maximum absolute atomic E-state index is 12.7. The van der Waals surface area contributed by atoms with Crippen molar-refractivity contribution in [1.29, 1.82) is 0 Å². The van der Waals surface area contributed by atoms with Crippen LogP contribution in [0.25, 0.3) is 0 Å². The second-order valence-corrected chi connectivity index (χ2v) is 6.17. The Morgan fingerprint density at radius 1 is 0.900 bits per heavy atom. The Labute approximate surface area is 113 Å². The number of piperidine rings is 1. The average molecular weight is 305 g/mol. The summed E-state index contributed by atoms with van der Waals surface area (Å²) in [5.74, 6) is -4.95. The fraction of sp³-hybridized carbons (Fsp3) is 0.917. The highest BCUT2D eigenvalue weighted by atomic mass is 19.4. The number of nitrogens with zero attached hydrogens (tertiary/aromatic N) is 1. The zero-order valence-corrected chi connectivity index (χ0v) is 11.4. The molecule has 0 aromatic rings. The van der Waals surface area contributed by atoms with E-state index in [1.165, 1.54) is 20.8 Å². The van der Waals surface area contributed by atoms with Gasteiger partial charge in [0.1, 0.15) is 0 Å². The Morgan fingerprint density at radius 3 is 1.50 bits per heavy atom. The fourth-order valence-electron chi connectivity index (χ4n) is 2.21. The third kappa shape index (κ3) is 4.02. The summed E-state index contributed by atoms with van der Waals surface area (Å²) >= 11 is 0. The zero-order chi connectivity index (χ0) is 15.9. The van der Waals surface area contributed by atoms with Crippen molar-refractivity contribution in [2.45, 2.75) is 39.5 Å². The van der Waals surface area contributed by atoms with E-state index >= 15 is 0 Å². The van der Waals surface area contributed by atoms with Gasteiger partial charge >= 0.3 is 12.4 Å². The lowest BCUT2D eigenvalue weighted by Crippen LogP contribution is -2.53. The first-order valence-corrected chi connectivity index (χ1v) is 6.15. The number of likely N-dealkylation sites (tertiary alicyclic amines) is 1. The van der Waals surface area contributed by atoms with Gasteiger partial charge in [0.25, 0.3) is 0 Å². The topological polar surface area (TPSA) is 20.3 Å². The summed E-state index contributed by atoms with van der Waals surface area (Å²) in [6.45, 7) is 3.00. The van der Waals surface area contributed by atoms with Crippen LogP contribution in [0.2, 0.25) is 0 Å². The number of alkyl halides is 6. The smallest absolute Gasteiger partial charge is 0.341 e. The van der Waals surface area contributed by atoms with E-state index in [0.29, 0.717) is 4.90 Å². The molecule has 2 nitrogen and oxygen atoms in total. The van der Waals surface area contributed by atoms with Crippen molar-refractivity contribution in [2.24, 2.45) is 17.3 Å². The second-order valence-electron chi connectivity index (χ2n) is 6.17. The Bertz CT molecular complexity index is 346. The lowest BCUT2D eigenvalue weighted by Gasteiger charge is -2.41. The molecule has 1 heterocycles. The highest BCUT2D eigenvalue weighted by Crippen LogP contribution is 2.42. The van der Waals surface area contributed by atoms with E-state index in [1.54, 1.807) is 0 Å². The Hall–Kier alpha value is -0.950. The predicted octanol–water partition coefficient (Wildman–Crippen LogP) is 3.62. The van der Waals surface area contributed by atoms with Crippen molar-refractivity contribution in [1.82, 2.24) is 4.90 Å². The summed E-state index contributed by atoms with van der Waals surface area (Å²) < 4.78 is 76.4. The van der Waals surface area contributed by atoms with Crippen LogP contribution in [0.3, 0.4) is 0 Å². The first kappa shape index (κ1) is 17.1. The van der Waals surface area contributed by atoms with Gasteiger partial charge in [0.15, 0.2) is 0 Å². The van der Waals surface area contributed by atoms with Crippen molar-refractivity contribution in [3.8, 4) is 0 Å². The van der Waals surface area contributed by atoms with Crippen LogP contribution >= 0.6 is 0 Å². The molecule has 1 amide bonds. The van der Waals surface area contributed by atoms with E-state index < -0.39 is 55.0 Å². The van der Waals surface area contributed by atoms with Crippen LogP contribution in [-0.2, 0) is 4.79 Å². The highest BCUT2D eigenvalue weighted by Gasteiger charge is 2.52. The van der Waals surface area contributed by atoms with Gasteiger partial charge in [-0.1, -0.05) is 20.8 Å². The standard InChI is InChI=1S/C12H17F6NO/c1-10(2,3)9(20)19-5-7(11(13,14)15)4-8(6-19)12(16,17)18/h7-8H,4-6H2,1-3H3. The van der Waals surface area contributed by atoms with Gasteiger partial charge in [0.05, 0.1) is 11.8 Å². The molecule has 118 valence electrons. The van der Waals surface area contributed by atoms with Crippen molar-refractivity contribution < 1.29 is 31.1 Å². The number of carbonyl (C=O) groups excluding carboxylic acids is 1. The van der Waals surface area contributed by atoms with E-state index in [0.717, 1.165) is 0 Å². The van der Waals surface area contributed by atoms with Gasteiger partial charge in [-0.2, -0.15) is 26.3 Å². The minimum absolute atomic E-state index is 0.694. The largest absolute Gasteiger partial charge is 0.393 e. The number of halogens is 6. The van der Waals surface area contributed by atoms with Crippen molar-refractivity contribution in [3.63, 3.8) is 0 Å². The molecule has 0 radical (unpaired) electrons. The molecule has 0 N–H and O–H groups in total. The maximum atomic E-state index is 12.7. The van der Waals surface area contributed by atoms with Gasteiger partial charge in [0.2, 0.25) is 5.91 Å². The van der Waals surface area contributed by atoms with E-state index in [2.05, 4.69) is 0 Å². The van der Waals surface area contributed by atoms with E-state index in [4.69, 9.17) is 0 Å². The number of rotatable bonds is 0. The van der Waals surface area contributed by atoms with Crippen LogP contribution in [0.15, 0.2) is 0 Å². The van der Waals surface area contributed by atoms with Gasteiger partial charge in [-0.25, -0.2) is 0 Å². The molecule has 2 atom stereocenters. The van der Waals surface area contributed by atoms with Crippen LogP contribution in [0, 0.1) is 17.3 Å². The molecule has 1 rings (SSSR count). The first-order valence-electron chi connectivity index (χ1n) is 6.15. The second kappa shape index (κ2) is 5.11. The average Bonchev–Trinajstić information content (AvgIpc) is 2.23. The van der Waals surface area contributed by atoms with Crippen LogP contribution in [0.1, 0.15) is 27.2 Å². The van der Waals surface area contributed by atoms with E-state index in [-0.39, 0.29) is 0 Å². The molecule has 1 aliphatic heterocycles. The van der Waals surface area contributed by atoms with Crippen molar-refractivity contribution in [2.75, 3.05) is 13.1 Å². The minimum Gasteiger partial charge on any atom is -0.341 e. The van der Waals surface area contributed by atoms with Crippen LogP contribution in [0.4, 0.5) is 26.3 Å². The molecule has 20 heavy (non-hydrogen) atoms. The molecule has 0 aromatic carbocycles. The molecule has 1 fully saturated rings. The van der Waals surface area contributed by atoms with Crippen molar-refractivity contribution >= 4 is 5.91 Å². The van der Waals surface area contributed by atoms with Gasteiger partial charge < -0.3 is 4.90 Å². The summed E-state index contributed by atoms with van der Waals surface area (Å²) in [4.78, 5) is 12.7. The van der Waals surface area contributed by atoms with Gasteiger partial charge in [-0.05, 0) is 6.42 Å². The molecule has 1 aliphatic rings. The number of amides is 1. The van der Waals surface area contributed by atoms with E-state index in [9.17, 15) is 31.1 Å². The first-order chi connectivity index (χ1) is 8.73. The number of carbonyl (C=O) groups is 1. The lowest BCUT2D eigenvalue weighted by molar-refractivity contribution is -0.231. The van der Waals surface area contributed by atoms with Crippen LogP contribution in [-0.4, -0.2) is 36.2 Å². The molecule has 0 saturated carbocycles. The normalized spacial score (nSPS) is 25.8.